The number of amides is 3. The van der Waals surface area contributed by atoms with Gasteiger partial charge in [0.05, 0.1) is 0 Å². The number of hydrogen-bond donors (Lipinski definition) is 2. The van der Waals surface area contributed by atoms with E-state index < -0.39 is 0 Å². The summed E-state index contributed by atoms with van der Waals surface area (Å²) in [4.78, 5) is 25.9. The van der Waals surface area contributed by atoms with Gasteiger partial charge in [0, 0.05) is 36.8 Å². The minimum absolute atomic E-state index is 0.0880. The predicted octanol–water partition coefficient (Wildman–Crippen LogP) is 2.96. The number of carbonyl (C=O) groups is 2. The van der Waals surface area contributed by atoms with Crippen molar-refractivity contribution < 1.29 is 9.59 Å². The summed E-state index contributed by atoms with van der Waals surface area (Å²) in [5.41, 5.74) is 0.648. The van der Waals surface area contributed by atoms with Crippen molar-refractivity contribution in [3.8, 4) is 0 Å². The maximum Gasteiger partial charge on any atom is 0.317 e. The Morgan fingerprint density at radius 1 is 1.28 bits per heavy atom. The first-order chi connectivity index (χ1) is 12.1. The second kappa shape index (κ2) is 7.79. The molecule has 0 saturated carbocycles. The number of aromatic nitrogens is 2. The first kappa shape index (κ1) is 17.6. The molecule has 3 rings (SSSR count). The second-order valence-electron chi connectivity index (χ2n) is 5.75. The third-order valence-corrected chi connectivity index (χ3v) is 5.35. The molecule has 2 heterocycles. The summed E-state index contributed by atoms with van der Waals surface area (Å²) in [5.74, 6) is -0.189. The number of urea groups is 1. The van der Waals surface area contributed by atoms with Crippen LogP contribution >= 0.6 is 22.9 Å². The van der Waals surface area contributed by atoms with Crippen LogP contribution in [0.2, 0.25) is 5.02 Å². The second-order valence-corrected chi connectivity index (χ2v) is 7.19. The smallest absolute Gasteiger partial charge is 0.317 e. The topological polar surface area (TPSA) is 87.2 Å². The van der Waals surface area contributed by atoms with Crippen LogP contribution in [0.5, 0.6) is 0 Å². The highest BCUT2D eigenvalue weighted by atomic mass is 35.5. The normalized spacial score (nSPS) is 17.2. The van der Waals surface area contributed by atoms with E-state index in [4.69, 9.17) is 11.6 Å². The van der Waals surface area contributed by atoms with Gasteiger partial charge in [-0.2, -0.15) is 0 Å². The predicted molar refractivity (Wildman–Crippen MR) is 97.3 cm³/mol. The molecule has 1 aliphatic heterocycles. The Balaban J connectivity index is 1.66. The average Bonchev–Trinajstić information content (AvgIpc) is 3.13. The molecule has 25 heavy (non-hydrogen) atoms. The Morgan fingerprint density at radius 3 is 2.76 bits per heavy atom. The van der Waals surface area contributed by atoms with Crippen molar-refractivity contribution in [3.63, 3.8) is 0 Å². The number of nitrogens with one attached hydrogen (secondary N) is 2. The van der Waals surface area contributed by atoms with Crippen LogP contribution in [0.15, 0.2) is 24.3 Å². The van der Waals surface area contributed by atoms with E-state index in [0.29, 0.717) is 22.3 Å². The summed E-state index contributed by atoms with van der Waals surface area (Å²) in [6.45, 7) is 1.33. The van der Waals surface area contributed by atoms with Crippen LogP contribution in [0.4, 0.5) is 10.5 Å². The van der Waals surface area contributed by atoms with Crippen molar-refractivity contribution in [3.05, 3.63) is 39.3 Å². The van der Waals surface area contributed by atoms with Gasteiger partial charge < -0.3 is 15.5 Å². The van der Waals surface area contributed by atoms with Gasteiger partial charge in [0.2, 0.25) is 5.01 Å². The maximum absolute atomic E-state index is 12.3. The number of benzene rings is 1. The highest BCUT2D eigenvalue weighted by Crippen LogP contribution is 2.29. The molecule has 132 valence electrons. The average molecular weight is 380 g/mol. The lowest BCUT2D eigenvalue weighted by atomic mass is 9.99. The summed E-state index contributed by atoms with van der Waals surface area (Å²) in [6, 6.07) is 6.78. The maximum atomic E-state index is 12.3. The van der Waals surface area contributed by atoms with Crippen molar-refractivity contribution in [2.75, 3.05) is 25.5 Å². The zero-order valence-electron chi connectivity index (χ0n) is 13.7. The number of nitrogens with zero attached hydrogens (tertiary/aromatic N) is 3. The van der Waals surface area contributed by atoms with Crippen LogP contribution < -0.4 is 10.6 Å². The minimum Gasteiger partial charge on any atom is -0.341 e. The molecular weight excluding hydrogens is 362 g/mol. The van der Waals surface area contributed by atoms with Crippen LogP contribution in [-0.2, 0) is 0 Å². The number of halogens is 1. The molecule has 9 heteroatoms. The van der Waals surface area contributed by atoms with Gasteiger partial charge in [-0.25, -0.2) is 4.79 Å². The largest absolute Gasteiger partial charge is 0.341 e. The van der Waals surface area contributed by atoms with E-state index in [1.54, 1.807) is 36.2 Å². The van der Waals surface area contributed by atoms with E-state index in [-0.39, 0.29) is 17.9 Å². The summed E-state index contributed by atoms with van der Waals surface area (Å²) in [5, 5.41) is 15.3. The van der Waals surface area contributed by atoms with Crippen LogP contribution in [0.25, 0.3) is 0 Å². The lowest BCUT2D eigenvalue weighted by Crippen LogP contribution is -2.43. The molecule has 3 amide bonds. The first-order valence-electron chi connectivity index (χ1n) is 7.94. The van der Waals surface area contributed by atoms with Gasteiger partial charge in [-0.3, -0.25) is 4.79 Å². The number of hydrogen-bond acceptors (Lipinski definition) is 5. The zero-order chi connectivity index (χ0) is 17.8. The molecule has 1 unspecified atom stereocenters. The summed E-state index contributed by atoms with van der Waals surface area (Å²) in [7, 11) is 1.62. The zero-order valence-corrected chi connectivity index (χ0v) is 15.2. The third-order valence-electron chi connectivity index (χ3n) is 4.01. The molecule has 1 aromatic heterocycles. The summed E-state index contributed by atoms with van der Waals surface area (Å²) >= 11 is 7.11. The van der Waals surface area contributed by atoms with Gasteiger partial charge >= 0.3 is 6.03 Å². The highest BCUT2D eigenvalue weighted by Gasteiger charge is 2.27. The molecule has 1 fully saturated rings. The molecule has 7 nitrogen and oxygen atoms in total. The van der Waals surface area contributed by atoms with Crippen LogP contribution in [0.1, 0.15) is 33.6 Å². The van der Waals surface area contributed by atoms with Crippen molar-refractivity contribution in [1.29, 1.82) is 0 Å². The van der Waals surface area contributed by atoms with E-state index in [0.717, 1.165) is 24.4 Å². The Hall–Kier alpha value is -2.19. The fourth-order valence-electron chi connectivity index (χ4n) is 2.73. The molecule has 1 saturated heterocycles. The van der Waals surface area contributed by atoms with Crippen molar-refractivity contribution in [2.24, 2.45) is 0 Å². The van der Waals surface area contributed by atoms with Crippen LogP contribution in [0.3, 0.4) is 0 Å². The number of carbonyl (C=O) groups excluding carboxylic acids is 2. The molecule has 1 atom stereocenters. The molecule has 1 aromatic carbocycles. The monoisotopic (exact) mass is 379 g/mol. The number of piperidine rings is 1. The van der Waals surface area contributed by atoms with Gasteiger partial charge in [0.25, 0.3) is 5.91 Å². The Labute approximate surface area is 154 Å². The van der Waals surface area contributed by atoms with Crippen LogP contribution in [0, 0.1) is 0 Å². The fraction of sp³-hybridized carbons (Fsp3) is 0.375. The minimum atomic E-state index is -0.301. The lowest BCUT2D eigenvalue weighted by Gasteiger charge is -2.31. The highest BCUT2D eigenvalue weighted by molar-refractivity contribution is 7.13. The lowest BCUT2D eigenvalue weighted by molar-refractivity contribution is 0.102. The van der Waals surface area contributed by atoms with Gasteiger partial charge in [0.1, 0.15) is 5.01 Å². The first-order valence-corrected chi connectivity index (χ1v) is 9.13. The molecule has 0 spiro atoms. The van der Waals surface area contributed by atoms with Gasteiger partial charge in [-0.1, -0.05) is 22.9 Å². The standard InChI is InChI=1S/C16H18ClN5O2S/c1-18-16(24)22-8-2-3-10(9-22)14-20-21-15(25-14)13(23)19-12-6-4-11(17)5-7-12/h4-7,10H,2-3,8-9H2,1H3,(H,18,24)(H,19,23). The van der Waals surface area contributed by atoms with E-state index >= 15 is 0 Å². The van der Waals surface area contributed by atoms with Gasteiger partial charge in [0.15, 0.2) is 0 Å². The van der Waals surface area contributed by atoms with E-state index in [1.807, 2.05) is 0 Å². The molecule has 0 radical (unpaired) electrons. The fourth-order valence-corrected chi connectivity index (χ4v) is 3.72. The molecule has 2 N–H and O–H groups in total. The van der Waals surface area contributed by atoms with Crippen molar-refractivity contribution in [1.82, 2.24) is 20.4 Å². The van der Waals surface area contributed by atoms with Crippen molar-refractivity contribution >= 4 is 40.6 Å². The molecule has 2 aromatic rings. The number of anilines is 1. The van der Waals surface area contributed by atoms with Gasteiger partial charge in [-0.15, -0.1) is 10.2 Å². The molecule has 0 aliphatic carbocycles. The van der Waals surface area contributed by atoms with Crippen LogP contribution in [-0.4, -0.2) is 47.2 Å². The summed E-state index contributed by atoms with van der Waals surface area (Å²) in [6.07, 6.45) is 1.84. The quantitative estimate of drug-likeness (QED) is 0.858. The SMILES string of the molecule is CNC(=O)N1CCCC(c2nnc(C(=O)Nc3ccc(Cl)cc3)s2)C1. The third kappa shape index (κ3) is 4.26. The van der Waals surface area contributed by atoms with E-state index in [9.17, 15) is 9.59 Å². The molecule has 1 aliphatic rings. The molecule has 0 bridgehead atoms. The van der Waals surface area contributed by atoms with E-state index in [2.05, 4.69) is 20.8 Å². The Kier molecular flexibility index (Phi) is 5.50. The molecular formula is C16H18ClN5O2S. The van der Waals surface area contributed by atoms with E-state index in [1.165, 1.54) is 11.3 Å². The number of likely N-dealkylation sites (tertiary alicyclic amines) is 1. The Bertz CT molecular complexity index is 764. The Morgan fingerprint density at radius 2 is 2.04 bits per heavy atom. The number of rotatable bonds is 3. The van der Waals surface area contributed by atoms with Crippen molar-refractivity contribution in [2.45, 2.75) is 18.8 Å². The summed E-state index contributed by atoms with van der Waals surface area (Å²) < 4.78 is 0. The van der Waals surface area contributed by atoms with Gasteiger partial charge in [-0.05, 0) is 37.1 Å².